The predicted molar refractivity (Wildman–Crippen MR) is 94.0 cm³/mol. The summed E-state index contributed by atoms with van der Waals surface area (Å²) in [5.74, 6) is 0.735. The molecule has 0 saturated carbocycles. The number of carbonyl (C=O) groups excluding carboxylic acids is 1. The lowest BCUT2D eigenvalue weighted by molar-refractivity contribution is 0.0736. The maximum atomic E-state index is 12.6. The normalized spacial score (nSPS) is 10.9. The Balaban J connectivity index is 1.69. The molecule has 0 aliphatic rings. The average molecular weight is 333 g/mol. The van der Waals surface area contributed by atoms with Crippen LogP contribution in [0.3, 0.4) is 0 Å². The third-order valence-corrected chi connectivity index (χ3v) is 3.83. The Morgan fingerprint density at radius 1 is 1.12 bits per heavy atom. The summed E-state index contributed by atoms with van der Waals surface area (Å²) in [5.41, 5.74) is 2.56. The molecular formula is C19H15N3O3. The number of hydrogen-bond acceptors (Lipinski definition) is 5. The monoisotopic (exact) mass is 333 g/mol. The molecule has 0 unspecified atom stereocenters. The van der Waals surface area contributed by atoms with Crippen LogP contribution in [0.1, 0.15) is 17.3 Å². The van der Waals surface area contributed by atoms with E-state index in [1.54, 1.807) is 42.9 Å². The largest absolute Gasteiger partial charge is 0.494 e. The lowest BCUT2D eigenvalue weighted by Gasteiger charge is -2.06. The molecule has 0 fully saturated rings. The molecule has 0 aliphatic heterocycles. The van der Waals surface area contributed by atoms with Crippen LogP contribution in [0.4, 0.5) is 0 Å². The van der Waals surface area contributed by atoms with E-state index >= 15 is 0 Å². The zero-order valence-corrected chi connectivity index (χ0v) is 13.5. The number of aromatic amines is 1. The maximum Gasteiger partial charge on any atom is 0.345 e. The van der Waals surface area contributed by atoms with Gasteiger partial charge in [-0.2, -0.15) is 0 Å². The van der Waals surface area contributed by atoms with Crippen molar-refractivity contribution in [3.05, 3.63) is 60.6 Å². The summed E-state index contributed by atoms with van der Waals surface area (Å²) in [6, 6.07) is 10.6. The number of esters is 1. The van der Waals surface area contributed by atoms with Gasteiger partial charge in [0.2, 0.25) is 0 Å². The Morgan fingerprint density at radius 2 is 1.92 bits per heavy atom. The summed E-state index contributed by atoms with van der Waals surface area (Å²) in [6.07, 6.45) is 4.99. The highest BCUT2D eigenvalue weighted by Crippen LogP contribution is 2.26. The minimum absolute atomic E-state index is 0.426. The van der Waals surface area contributed by atoms with E-state index in [0.29, 0.717) is 28.8 Å². The SMILES string of the molecule is CCOc1ccc(OC(=O)c2c[nH]c3cnc4cccnc4c23)cc1. The van der Waals surface area contributed by atoms with Crippen molar-refractivity contribution < 1.29 is 14.3 Å². The fourth-order valence-corrected chi connectivity index (χ4v) is 2.72. The van der Waals surface area contributed by atoms with Crippen molar-refractivity contribution in [2.45, 2.75) is 6.92 Å². The van der Waals surface area contributed by atoms with Crippen molar-refractivity contribution in [2.24, 2.45) is 0 Å². The number of ether oxygens (including phenoxy) is 2. The number of aromatic nitrogens is 3. The van der Waals surface area contributed by atoms with Crippen molar-refractivity contribution in [1.82, 2.24) is 15.0 Å². The molecule has 4 rings (SSSR count). The first-order chi connectivity index (χ1) is 12.3. The molecule has 4 aromatic rings. The lowest BCUT2D eigenvalue weighted by atomic mass is 10.1. The summed E-state index contributed by atoms with van der Waals surface area (Å²) in [4.78, 5) is 24.4. The highest BCUT2D eigenvalue weighted by atomic mass is 16.5. The second kappa shape index (κ2) is 6.24. The lowest BCUT2D eigenvalue weighted by Crippen LogP contribution is -2.08. The summed E-state index contributed by atoms with van der Waals surface area (Å²) in [7, 11) is 0. The minimum Gasteiger partial charge on any atom is -0.494 e. The summed E-state index contributed by atoms with van der Waals surface area (Å²) in [6.45, 7) is 2.50. The van der Waals surface area contributed by atoms with E-state index in [0.717, 1.165) is 16.8 Å². The average Bonchev–Trinajstić information content (AvgIpc) is 3.08. The molecule has 0 saturated heterocycles. The number of fused-ring (bicyclic) bond motifs is 3. The van der Waals surface area contributed by atoms with E-state index in [4.69, 9.17) is 9.47 Å². The molecule has 0 bridgehead atoms. The van der Waals surface area contributed by atoms with Gasteiger partial charge in [0.15, 0.2) is 0 Å². The molecule has 3 heterocycles. The number of carbonyl (C=O) groups is 1. The van der Waals surface area contributed by atoms with Gasteiger partial charge in [-0.25, -0.2) is 4.79 Å². The first-order valence-electron chi connectivity index (χ1n) is 7.92. The van der Waals surface area contributed by atoms with Gasteiger partial charge in [-0.15, -0.1) is 0 Å². The number of rotatable bonds is 4. The molecule has 25 heavy (non-hydrogen) atoms. The van der Waals surface area contributed by atoms with Crippen molar-refractivity contribution in [3.63, 3.8) is 0 Å². The van der Waals surface area contributed by atoms with Gasteiger partial charge in [0.05, 0.1) is 34.9 Å². The summed E-state index contributed by atoms with van der Waals surface area (Å²) >= 11 is 0. The molecular weight excluding hydrogens is 318 g/mol. The molecule has 0 amide bonds. The first-order valence-corrected chi connectivity index (χ1v) is 7.92. The molecule has 0 atom stereocenters. The smallest absolute Gasteiger partial charge is 0.345 e. The van der Waals surface area contributed by atoms with Crippen LogP contribution in [0.25, 0.3) is 21.9 Å². The highest BCUT2D eigenvalue weighted by Gasteiger charge is 2.17. The predicted octanol–water partition coefficient (Wildman–Crippen LogP) is 3.73. The Kier molecular flexibility index (Phi) is 3.78. The highest BCUT2D eigenvalue weighted by molar-refractivity contribution is 6.13. The second-order valence-corrected chi connectivity index (χ2v) is 5.41. The zero-order chi connectivity index (χ0) is 17.2. The first kappa shape index (κ1) is 15.1. The number of nitrogens with one attached hydrogen (secondary N) is 1. The molecule has 124 valence electrons. The van der Waals surface area contributed by atoms with Crippen LogP contribution >= 0.6 is 0 Å². The summed E-state index contributed by atoms with van der Waals surface area (Å²) < 4.78 is 10.9. The zero-order valence-electron chi connectivity index (χ0n) is 13.5. The quantitative estimate of drug-likeness (QED) is 0.455. The molecule has 0 radical (unpaired) electrons. The molecule has 1 N–H and O–H groups in total. The van der Waals surface area contributed by atoms with Gasteiger partial charge in [-0.3, -0.25) is 9.97 Å². The Labute approximate surface area is 143 Å². The second-order valence-electron chi connectivity index (χ2n) is 5.41. The minimum atomic E-state index is -0.450. The van der Waals surface area contributed by atoms with Crippen LogP contribution in [0.2, 0.25) is 0 Å². The van der Waals surface area contributed by atoms with Crippen molar-refractivity contribution in [2.75, 3.05) is 6.61 Å². The van der Waals surface area contributed by atoms with E-state index in [-0.39, 0.29) is 0 Å². The van der Waals surface area contributed by atoms with Crippen LogP contribution in [0.15, 0.2) is 55.0 Å². The number of benzene rings is 1. The maximum absolute atomic E-state index is 12.6. The van der Waals surface area contributed by atoms with Gasteiger partial charge in [0.1, 0.15) is 11.5 Å². The fourth-order valence-electron chi connectivity index (χ4n) is 2.72. The van der Waals surface area contributed by atoms with E-state index in [1.165, 1.54) is 0 Å². The molecule has 6 heteroatoms. The van der Waals surface area contributed by atoms with Crippen LogP contribution in [-0.2, 0) is 0 Å². The molecule has 0 aliphatic carbocycles. The topological polar surface area (TPSA) is 77.1 Å². The van der Waals surface area contributed by atoms with Crippen LogP contribution < -0.4 is 9.47 Å². The number of nitrogens with zero attached hydrogens (tertiary/aromatic N) is 2. The molecule has 6 nitrogen and oxygen atoms in total. The van der Waals surface area contributed by atoms with Gasteiger partial charge in [-0.1, -0.05) is 0 Å². The van der Waals surface area contributed by atoms with Crippen molar-refractivity contribution >= 4 is 27.9 Å². The van der Waals surface area contributed by atoms with Crippen molar-refractivity contribution in [3.8, 4) is 11.5 Å². The van der Waals surface area contributed by atoms with Gasteiger partial charge in [-0.05, 0) is 43.3 Å². The molecule has 3 aromatic heterocycles. The van der Waals surface area contributed by atoms with Gasteiger partial charge in [0.25, 0.3) is 0 Å². The number of H-pyrrole nitrogens is 1. The third kappa shape index (κ3) is 2.78. The number of pyridine rings is 2. The Hall–Kier alpha value is -3.41. The Morgan fingerprint density at radius 3 is 2.72 bits per heavy atom. The molecule has 1 aromatic carbocycles. The van der Waals surface area contributed by atoms with Crippen LogP contribution in [0, 0.1) is 0 Å². The van der Waals surface area contributed by atoms with Crippen molar-refractivity contribution in [1.29, 1.82) is 0 Å². The third-order valence-electron chi connectivity index (χ3n) is 3.83. The van der Waals surface area contributed by atoms with Crippen LogP contribution in [0.5, 0.6) is 11.5 Å². The molecule has 0 spiro atoms. The standard InChI is InChI=1S/C19H15N3O3/c1-2-24-12-5-7-13(8-6-12)25-19(23)14-10-21-16-11-22-15-4-3-9-20-18(15)17(14)16/h3-11,21H,2H2,1H3. The van der Waals surface area contributed by atoms with E-state index in [2.05, 4.69) is 15.0 Å². The fraction of sp³-hybridized carbons (Fsp3) is 0.105. The van der Waals surface area contributed by atoms with E-state index < -0.39 is 5.97 Å². The van der Waals surface area contributed by atoms with E-state index in [9.17, 15) is 4.79 Å². The van der Waals surface area contributed by atoms with Gasteiger partial charge in [0, 0.05) is 17.8 Å². The number of hydrogen-bond donors (Lipinski definition) is 1. The summed E-state index contributed by atoms with van der Waals surface area (Å²) in [5, 5.41) is 0.710. The Bertz CT molecular complexity index is 1050. The van der Waals surface area contributed by atoms with Crippen LogP contribution in [-0.4, -0.2) is 27.5 Å². The van der Waals surface area contributed by atoms with E-state index in [1.807, 2.05) is 19.1 Å². The van der Waals surface area contributed by atoms with Gasteiger partial charge < -0.3 is 14.5 Å². The van der Waals surface area contributed by atoms with Gasteiger partial charge >= 0.3 is 5.97 Å².